The van der Waals surface area contributed by atoms with Gasteiger partial charge in [-0.2, -0.15) is 5.10 Å². The SMILES string of the molecule is COc1ccc(CC(=O)NC(c2ccccc2)c2n[nH]c(C)n2)cc1OC. The van der Waals surface area contributed by atoms with Gasteiger partial charge in [0, 0.05) is 0 Å². The molecule has 0 aliphatic carbocycles. The highest BCUT2D eigenvalue weighted by Gasteiger charge is 2.21. The molecule has 140 valence electrons. The third-order valence-corrected chi connectivity index (χ3v) is 4.12. The number of hydrogen-bond acceptors (Lipinski definition) is 5. The van der Waals surface area contributed by atoms with E-state index in [0.717, 1.165) is 11.1 Å². The first kappa shape index (κ1) is 18.4. The normalized spacial score (nSPS) is 11.7. The lowest BCUT2D eigenvalue weighted by molar-refractivity contribution is -0.121. The smallest absolute Gasteiger partial charge is 0.225 e. The fraction of sp³-hybridized carbons (Fsp3) is 0.250. The Morgan fingerprint density at radius 1 is 1.11 bits per heavy atom. The Hall–Kier alpha value is -3.35. The summed E-state index contributed by atoms with van der Waals surface area (Å²) in [4.78, 5) is 17.1. The third-order valence-electron chi connectivity index (χ3n) is 4.12. The summed E-state index contributed by atoms with van der Waals surface area (Å²) >= 11 is 0. The quantitative estimate of drug-likeness (QED) is 0.671. The fourth-order valence-electron chi connectivity index (χ4n) is 2.82. The van der Waals surface area contributed by atoms with E-state index in [1.165, 1.54) is 0 Å². The molecular weight excluding hydrogens is 344 g/mol. The van der Waals surface area contributed by atoms with Crippen LogP contribution in [0.5, 0.6) is 11.5 Å². The van der Waals surface area contributed by atoms with Gasteiger partial charge in [0.25, 0.3) is 0 Å². The van der Waals surface area contributed by atoms with Crippen LogP contribution >= 0.6 is 0 Å². The van der Waals surface area contributed by atoms with Crippen molar-refractivity contribution in [1.82, 2.24) is 20.5 Å². The van der Waals surface area contributed by atoms with Gasteiger partial charge in [-0.1, -0.05) is 36.4 Å². The van der Waals surface area contributed by atoms with Crippen LogP contribution in [0, 0.1) is 6.92 Å². The standard InChI is InChI=1S/C20H22N4O3/c1-13-21-20(24-23-13)19(15-7-5-4-6-8-15)22-18(25)12-14-9-10-16(26-2)17(11-14)27-3/h4-11,19H,12H2,1-3H3,(H,22,25)(H,21,23,24). The molecular formula is C20H22N4O3. The topological polar surface area (TPSA) is 89.1 Å². The molecule has 0 aliphatic heterocycles. The van der Waals surface area contributed by atoms with Gasteiger partial charge in [-0.05, 0) is 30.2 Å². The number of H-pyrrole nitrogens is 1. The first-order chi connectivity index (χ1) is 13.1. The van der Waals surface area contributed by atoms with Crippen LogP contribution in [-0.4, -0.2) is 35.3 Å². The number of aryl methyl sites for hydroxylation is 1. The van der Waals surface area contributed by atoms with E-state index >= 15 is 0 Å². The highest BCUT2D eigenvalue weighted by Crippen LogP contribution is 2.28. The van der Waals surface area contributed by atoms with E-state index in [2.05, 4.69) is 20.5 Å². The van der Waals surface area contributed by atoms with Crippen LogP contribution in [0.15, 0.2) is 48.5 Å². The fourth-order valence-corrected chi connectivity index (χ4v) is 2.82. The number of rotatable bonds is 7. The summed E-state index contributed by atoms with van der Waals surface area (Å²) in [6, 6.07) is 14.6. The zero-order valence-corrected chi connectivity index (χ0v) is 15.5. The van der Waals surface area contributed by atoms with Gasteiger partial charge >= 0.3 is 0 Å². The molecule has 0 spiro atoms. The lowest BCUT2D eigenvalue weighted by Gasteiger charge is -2.17. The van der Waals surface area contributed by atoms with Gasteiger partial charge in [-0.15, -0.1) is 0 Å². The van der Waals surface area contributed by atoms with Gasteiger partial charge in [-0.25, -0.2) is 4.98 Å². The van der Waals surface area contributed by atoms with Crippen LogP contribution in [0.2, 0.25) is 0 Å². The minimum absolute atomic E-state index is 0.140. The van der Waals surface area contributed by atoms with Crippen molar-refractivity contribution in [1.29, 1.82) is 0 Å². The monoisotopic (exact) mass is 366 g/mol. The number of carbonyl (C=O) groups is 1. The van der Waals surface area contributed by atoms with Crippen molar-refractivity contribution < 1.29 is 14.3 Å². The van der Waals surface area contributed by atoms with Crippen LogP contribution in [0.1, 0.15) is 28.8 Å². The van der Waals surface area contributed by atoms with E-state index in [4.69, 9.17) is 9.47 Å². The average molecular weight is 366 g/mol. The van der Waals surface area contributed by atoms with Crippen molar-refractivity contribution in [2.45, 2.75) is 19.4 Å². The summed E-state index contributed by atoms with van der Waals surface area (Å²) in [6.45, 7) is 1.82. The molecule has 1 unspecified atom stereocenters. The zero-order chi connectivity index (χ0) is 19.2. The van der Waals surface area contributed by atoms with Crippen molar-refractivity contribution in [2.24, 2.45) is 0 Å². The number of amides is 1. The number of nitrogens with one attached hydrogen (secondary N) is 2. The highest BCUT2D eigenvalue weighted by molar-refractivity contribution is 5.79. The van der Waals surface area contributed by atoms with E-state index in [0.29, 0.717) is 23.1 Å². The molecule has 2 aromatic carbocycles. The lowest BCUT2D eigenvalue weighted by atomic mass is 10.1. The number of carbonyl (C=O) groups excluding carboxylic acids is 1. The molecule has 7 nitrogen and oxygen atoms in total. The summed E-state index contributed by atoms with van der Waals surface area (Å²) in [5.74, 6) is 2.30. The maximum absolute atomic E-state index is 12.7. The van der Waals surface area contributed by atoms with Gasteiger partial charge in [0.15, 0.2) is 17.3 Å². The number of aromatic nitrogens is 3. The Kier molecular flexibility index (Phi) is 5.71. The van der Waals surface area contributed by atoms with Crippen molar-refractivity contribution in [3.63, 3.8) is 0 Å². The number of nitrogens with zero attached hydrogens (tertiary/aromatic N) is 2. The minimum atomic E-state index is -0.427. The number of hydrogen-bond donors (Lipinski definition) is 2. The van der Waals surface area contributed by atoms with Crippen LogP contribution < -0.4 is 14.8 Å². The summed E-state index contributed by atoms with van der Waals surface area (Å²) in [5.41, 5.74) is 1.74. The molecule has 1 atom stereocenters. The Bertz CT molecular complexity index is 909. The summed E-state index contributed by atoms with van der Waals surface area (Å²) < 4.78 is 10.5. The number of aromatic amines is 1. The van der Waals surface area contributed by atoms with Gasteiger partial charge < -0.3 is 14.8 Å². The van der Waals surface area contributed by atoms with Gasteiger partial charge in [-0.3, -0.25) is 9.89 Å². The molecule has 3 rings (SSSR count). The first-order valence-corrected chi connectivity index (χ1v) is 8.55. The molecule has 7 heteroatoms. The predicted molar refractivity (Wildman–Crippen MR) is 101 cm³/mol. The molecule has 1 amide bonds. The molecule has 27 heavy (non-hydrogen) atoms. The second-order valence-corrected chi connectivity index (χ2v) is 6.06. The third kappa shape index (κ3) is 4.44. The molecule has 2 N–H and O–H groups in total. The van der Waals surface area contributed by atoms with Crippen molar-refractivity contribution in [2.75, 3.05) is 14.2 Å². The molecule has 1 aromatic heterocycles. The molecule has 0 fully saturated rings. The van der Waals surface area contributed by atoms with Crippen LogP contribution in [0.25, 0.3) is 0 Å². The van der Waals surface area contributed by atoms with E-state index in [1.807, 2.05) is 43.3 Å². The predicted octanol–water partition coefficient (Wildman–Crippen LogP) is 2.58. The first-order valence-electron chi connectivity index (χ1n) is 8.55. The second-order valence-electron chi connectivity index (χ2n) is 6.06. The molecule has 1 heterocycles. The molecule has 0 saturated heterocycles. The zero-order valence-electron chi connectivity index (χ0n) is 15.5. The largest absolute Gasteiger partial charge is 0.493 e. The van der Waals surface area contributed by atoms with E-state index in [-0.39, 0.29) is 12.3 Å². The van der Waals surface area contributed by atoms with Crippen LogP contribution in [0.3, 0.4) is 0 Å². The van der Waals surface area contributed by atoms with E-state index in [9.17, 15) is 4.79 Å². The van der Waals surface area contributed by atoms with E-state index in [1.54, 1.807) is 26.4 Å². The van der Waals surface area contributed by atoms with Crippen LogP contribution in [0.4, 0.5) is 0 Å². The van der Waals surface area contributed by atoms with Gasteiger partial charge in [0.05, 0.1) is 20.6 Å². The maximum Gasteiger partial charge on any atom is 0.225 e. The molecule has 0 aliphatic rings. The number of ether oxygens (including phenoxy) is 2. The van der Waals surface area contributed by atoms with Crippen molar-refractivity contribution >= 4 is 5.91 Å². The van der Waals surface area contributed by atoms with Crippen molar-refractivity contribution in [3.05, 3.63) is 71.3 Å². The second kappa shape index (κ2) is 8.35. The van der Waals surface area contributed by atoms with Crippen molar-refractivity contribution in [3.8, 4) is 11.5 Å². The summed E-state index contributed by atoms with van der Waals surface area (Å²) in [7, 11) is 3.15. The maximum atomic E-state index is 12.7. The Morgan fingerprint density at radius 3 is 2.48 bits per heavy atom. The number of methoxy groups -OCH3 is 2. The molecule has 0 radical (unpaired) electrons. The Morgan fingerprint density at radius 2 is 1.85 bits per heavy atom. The molecule has 3 aromatic rings. The molecule has 0 bridgehead atoms. The van der Waals surface area contributed by atoms with Crippen LogP contribution in [-0.2, 0) is 11.2 Å². The number of benzene rings is 2. The lowest BCUT2D eigenvalue weighted by Crippen LogP contribution is -2.31. The highest BCUT2D eigenvalue weighted by atomic mass is 16.5. The summed E-state index contributed by atoms with van der Waals surface area (Å²) in [5, 5.41) is 10.1. The Balaban J connectivity index is 1.79. The van der Waals surface area contributed by atoms with Gasteiger partial charge in [0.2, 0.25) is 5.91 Å². The summed E-state index contributed by atoms with van der Waals surface area (Å²) in [6.07, 6.45) is 0.201. The Labute approximate surface area is 157 Å². The van der Waals surface area contributed by atoms with Gasteiger partial charge in [0.1, 0.15) is 11.9 Å². The minimum Gasteiger partial charge on any atom is -0.493 e. The average Bonchev–Trinajstić information content (AvgIpc) is 3.12. The van der Waals surface area contributed by atoms with E-state index < -0.39 is 6.04 Å². The molecule has 0 saturated carbocycles.